The molecule has 3 atom stereocenters. The number of ether oxygens (including phenoxy) is 3. The molecule has 172 valence electrons. The summed E-state index contributed by atoms with van der Waals surface area (Å²) in [5.41, 5.74) is 3.38. The van der Waals surface area contributed by atoms with Crippen molar-refractivity contribution >= 4 is 17.7 Å². The Morgan fingerprint density at radius 1 is 1.03 bits per heavy atom. The number of Topliss-reactive ketones (excluding diaryl/α,β-unsaturated/α-hetero) is 1. The predicted molar refractivity (Wildman–Crippen MR) is 120 cm³/mol. The Balaban J connectivity index is 2.11. The summed E-state index contributed by atoms with van der Waals surface area (Å²) in [7, 11) is 1.40. The summed E-state index contributed by atoms with van der Waals surface area (Å²) in [5, 5.41) is 0. The number of rotatable bonds is 9. The summed E-state index contributed by atoms with van der Waals surface area (Å²) in [6.07, 6.45) is 0.875. The lowest BCUT2D eigenvalue weighted by atomic mass is 9.89. The van der Waals surface area contributed by atoms with Crippen molar-refractivity contribution in [2.45, 2.75) is 60.0 Å². The molecule has 0 N–H and O–H groups in total. The molecular formula is C25H31NO6. The second kappa shape index (κ2) is 10.9. The van der Waals surface area contributed by atoms with Crippen molar-refractivity contribution in [2.75, 3.05) is 7.11 Å². The fourth-order valence-electron chi connectivity index (χ4n) is 3.67. The Kier molecular flexibility index (Phi) is 8.52. The standard InChI is InChI=1S/C25H31NO6/c1-14-9-8-10-15(2)22(14)17(4)18(5)31-25(29)16(3)13-20(28)23-24(32-19(6)27)21(30-7)11-12-26-23/h8-12,16-18H,13H2,1-7H3/t16-,17+,18-/m1/s1. The molecule has 0 aliphatic rings. The molecule has 2 rings (SSSR count). The van der Waals surface area contributed by atoms with Crippen LogP contribution in [-0.2, 0) is 14.3 Å². The number of benzene rings is 1. The van der Waals surface area contributed by atoms with E-state index in [0.717, 1.165) is 16.7 Å². The smallest absolute Gasteiger partial charge is 0.309 e. The van der Waals surface area contributed by atoms with Crippen LogP contribution >= 0.6 is 0 Å². The van der Waals surface area contributed by atoms with Crippen molar-refractivity contribution in [1.29, 1.82) is 0 Å². The van der Waals surface area contributed by atoms with E-state index in [1.165, 1.54) is 26.3 Å². The van der Waals surface area contributed by atoms with E-state index < -0.39 is 23.6 Å². The van der Waals surface area contributed by atoms with Crippen LogP contribution in [0.15, 0.2) is 30.5 Å². The molecule has 1 aromatic carbocycles. The molecule has 0 aliphatic carbocycles. The number of aryl methyl sites for hydroxylation is 2. The Morgan fingerprint density at radius 3 is 2.22 bits per heavy atom. The number of carbonyl (C=O) groups excluding carboxylic acids is 3. The molecule has 32 heavy (non-hydrogen) atoms. The zero-order valence-corrected chi connectivity index (χ0v) is 19.7. The van der Waals surface area contributed by atoms with Crippen LogP contribution in [0.3, 0.4) is 0 Å². The van der Waals surface area contributed by atoms with Gasteiger partial charge in [-0.1, -0.05) is 32.0 Å². The second-order valence-corrected chi connectivity index (χ2v) is 8.05. The van der Waals surface area contributed by atoms with Gasteiger partial charge in [-0.2, -0.15) is 0 Å². The number of hydrogen-bond donors (Lipinski definition) is 0. The van der Waals surface area contributed by atoms with Crippen LogP contribution in [0, 0.1) is 19.8 Å². The van der Waals surface area contributed by atoms with Crippen molar-refractivity contribution in [3.63, 3.8) is 0 Å². The van der Waals surface area contributed by atoms with Crippen molar-refractivity contribution in [1.82, 2.24) is 4.98 Å². The number of ketones is 1. The summed E-state index contributed by atoms with van der Waals surface area (Å²) in [5.74, 6) is -2.06. The molecule has 7 heteroatoms. The molecular weight excluding hydrogens is 410 g/mol. The van der Waals surface area contributed by atoms with Crippen LogP contribution in [0.25, 0.3) is 0 Å². The van der Waals surface area contributed by atoms with Crippen LogP contribution in [-0.4, -0.2) is 35.9 Å². The molecule has 0 saturated heterocycles. The number of hydrogen-bond acceptors (Lipinski definition) is 7. The van der Waals surface area contributed by atoms with Gasteiger partial charge >= 0.3 is 11.9 Å². The topological polar surface area (TPSA) is 91.8 Å². The lowest BCUT2D eigenvalue weighted by Crippen LogP contribution is -2.27. The van der Waals surface area contributed by atoms with Gasteiger partial charge in [-0.15, -0.1) is 0 Å². The van der Waals surface area contributed by atoms with Crippen LogP contribution in [0.5, 0.6) is 11.5 Å². The van der Waals surface area contributed by atoms with Crippen molar-refractivity contribution < 1.29 is 28.6 Å². The minimum atomic E-state index is -0.701. The Morgan fingerprint density at radius 2 is 1.66 bits per heavy atom. The van der Waals surface area contributed by atoms with Gasteiger partial charge in [0, 0.05) is 31.5 Å². The second-order valence-electron chi connectivity index (χ2n) is 8.05. The fraction of sp³-hybridized carbons (Fsp3) is 0.440. The molecule has 0 bridgehead atoms. The first kappa shape index (κ1) is 25.0. The summed E-state index contributed by atoms with van der Waals surface area (Å²) in [4.78, 5) is 41.0. The van der Waals surface area contributed by atoms with Crippen LogP contribution in [0.1, 0.15) is 67.2 Å². The molecule has 0 radical (unpaired) electrons. The molecule has 2 aromatic rings. The van der Waals surface area contributed by atoms with Crippen LogP contribution < -0.4 is 9.47 Å². The third-order valence-electron chi connectivity index (χ3n) is 5.50. The number of pyridine rings is 1. The van der Waals surface area contributed by atoms with Gasteiger partial charge in [0.05, 0.1) is 13.0 Å². The molecule has 7 nitrogen and oxygen atoms in total. The van der Waals surface area contributed by atoms with Gasteiger partial charge in [0.15, 0.2) is 17.2 Å². The first-order valence-corrected chi connectivity index (χ1v) is 10.6. The van der Waals surface area contributed by atoms with E-state index in [9.17, 15) is 14.4 Å². The van der Waals surface area contributed by atoms with Gasteiger partial charge in [-0.05, 0) is 37.5 Å². The van der Waals surface area contributed by atoms with Crippen molar-refractivity contribution in [2.24, 2.45) is 5.92 Å². The van der Waals surface area contributed by atoms with Gasteiger partial charge in [0.2, 0.25) is 5.75 Å². The first-order chi connectivity index (χ1) is 15.1. The maximum atomic E-state index is 12.8. The van der Waals surface area contributed by atoms with E-state index >= 15 is 0 Å². The monoisotopic (exact) mass is 441 g/mol. The van der Waals surface area contributed by atoms with E-state index in [2.05, 4.69) is 4.98 Å². The maximum absolute atomic E-state index is 12.8. The van der Waals surface area contributed by atoms with Crippen LogP contribution in [0.4, 0.5) is 0 Å². The molecule has 0 saturated carbocycles. The van der Waals surface area contributed by atoms with Gasteiger partial charge in [-0.3, -0.25) is 14.4 Å². The highest BCUT2D eigenvalue weighted by molar-refractivity contribution is 5.99. The lowest BCUT2D eigenvalue weighted by molar-refractivity contribution is -0.153. The van der Waals surface area contributed by atoms with Gasteiger partial charge in [0.25, 0.3) is 0 Å². The fourth-order valence-corrected chi connectivity index (χ4v) is 3.67. The Bertz CT molecular complexity index is 980. The van der Waals surface area contributed by atoms with Gasteiger partial charge in [0.1, 0.15) is 6.10 Å². The molecule has 0 unspecified atom stereocenters. The SMILES string of the molecule is COc1ccnc(C(=O)C[C@@H](C)C(=O)O[C@H](C)[C@H](C)c2c(C)cccc2C)c1OC(C)=O. The van der Waals surface area contributed by atoms with Gasteiger partial charge < -0.3 is 14.2 Å². The summed E-state index contributed by atoms with van der Waals surface area (Å²) >= 11 is 0. The van der Waals surface area contributed by atoms with E-state index in [1.807, 2.05) is 45.9 Å². The number of carbonyl (C=O) groups is 3. The maximum Gasteiger partial charge on any atom is 0.309 e. The highest BCUT2D eigenvalue weighted by Crippen LogP contribution is 2.32. The number of esters is 2. The third kappa shape index (κ3) is 5.93. The lowest BCUT2D eigenvalue weighted by Gasteiger charge is -2.25. The van der Waals surface area contributed by atoms with Crippen LogP contribution in [0.2, 0.25) is 0 Å². The molecule has 0 spiro atoms. The van der Waals surface area contributed by atoms with E-state index in [4.69, 9.17) is 14.2 Å². The van der Waals surface area contributed by atoms with E-state index in [0.29, 0.717) is 0 Å². The Hall–Kier alpha value is -3.22. The summed E-state index contributed by atoms with van der Waals surface area (Å²) in [6, 6.07) is 7.57. The summed E-state index contributed by atoms with van der Waals surface area (Å²) < 4.78 is 16.0. The molecule has 0 aliphatic heterocycles. The number of methoxy groups -OCH3 is 1. The zero-order chi connectivity index (χ0) is 24.0. The highest BCUT2D eigenvalue weighted by atomic mass is 16.6. The third-order valence-corrected chi connectivity index (χ3v) is 5.50. The first-order valence-electron chi connectivity index (χ1n) is 10.6. The molecule has 1 aromatic heterocycles. The van der Waals surface area contributed by atoms with E-state index in [1.54, 1.807) is 6.92 Å². The molecule has 1 heterocycles. The van der Waals surface area contributed by atoms with Gasteiger partial charge in [-0.25, -0.2) is 4.98 Å². The average Bonchev–Trinajstić information content (AvgIpc) is 2.72. The molecule has 0 fully saturated rings. The van der Waals surface area contributed by atoms with Crippen molar-refractivity contribution in [3.8, 4) is 11.5 Å². The quantitative estimate of drug-likeness (QED) is 0.415. The minimum Gasteiger partial charge on any atom is -0.493 e. The summed E-state index contributed by atoms with van der Waals surface area (Å²) in [6.45, 7) is 10.8. The normalized spacial score (nSPS) is 13.6. The molecule has 0 amide bonds. The highest BCUT2D eigenvalue weighted by Gasteiger charge is 2.28. The minimum absolute atomic E-state index is 0.00123. The van der Waals surface area contributed by atoms with E-state index in [-0.39, 0.29) is 35.6 Å². The average molecular weight is 442 g/mol. The zero-order valence-electron chi connectivity index (χ0n) is 19.7. The largest absolute Gasteiger partial charge is 0.493 e. The Labute approximate surface area is 189 Å². The number of nitrogens with zero attached hydrogens (tertiary/aromatic N) is 1. The number of aromatic nitrogens is 1. The van der Waals surface area contributed by atoms with Crippen molar-refractivity contribution in [3.05, 3.63) is 52.8 Å². The predicted octanol–water partition coefficient (Wildman–Crippen LogP) is 4.58.